The standard InChI is InChI=1S/C16H32N2/c1-13(2)18(11-14-9-10-14)12-16(17-3)15-7-5-4-6-8-15/h13-17H,4-12H2,1-3H3. The normalized spacial score (nSPS) is 23.8. The fourth-order valence-corrected chi connectivity index (χ4v) is 3.39. The number of hydrogen-bond donors (Lipinski definition) is 1. The molecule has 1 N–H and O–H groups in total. The molecule has 0 heterocycles. The monoisotopic (exact) mass is 252 g/mol. The van der Waals surface area contributed by atoms with Gasteiger partial charge in [0.2, 0.25) is 0 Å². The average molecular weight is 252 g/mol. The van der Waals surface area contributed by atoms with E-state index in [-0.39, 0.29) is 0 Å². The van der Waals surface area contributed by atoms with Gasteiger partial charge in [-0.1, -0.05) is 19.3 Å². The molecule has 2 rings (SSSR count). The molecule has 0 aromatic carbocycles. The topological polar surface area (TPSA) is 15.3 Å². The molecule has 0 amide bonds. The van der Waals surface area contributed by atoms with Crippen molar-refractivity contribution in [1.82, 2.24) is 10.2 Å². The Morgan fingerprint density at radius 1 is 1.06 bits per heavy atom. The second kappa shape index (κ2) is 6.91. The molecular formula is C16H32N2. The van der Waals surface area contributed by atoms with E-state index in [0.29, 0.717) is 12.1 Å². The fourth-order valence-electron chi connectivity index (χ4n) is 3.39. The van der Waals surface area contributed by atoms with Gasteiger partial charge >= 0.3 is 0 Å². The Morgan fingerprint density at radius 2 is 1.72 bits per heavy atom. The molecule has 0 spiro atoms. The van der Waals surface area contributed by atoms with Gasteiger partial charge in [-0.3, -0.25) is 4.90 Å². The van der Waals surface area contributed by atoms with Crippen LogP contribution in [0, 0.1) is 11.8 Å². The summed E-state index contributed by atoms with van der Waals surface area (Å²) >= 11 is 0. The molecule has 106 valence electrons. The van der Waals surface area contributed by atoms with Crippen molar-refractivity contribution in [2.24, 2.45) is 11.8 Å². The first-order chi connectivity index (χ1) is 8.70. The summed E-state index contributed by atoms with van der Waals surface area (Å²) in [7, 11) is 2.16. The second-order valence-electron chi connectivity index (χ2n) is 6.78. The molecule has 2 saturated carbocycles. The van der Waals surface area contributed by atoms with E-state index in [9.17, 15) is 0 Å². The molecule has 2 heteroatoms. The predicted octanol–water partition coefficient (Wildman–Crippen LogP) is 3.28. The van der Waals surface area contributed by atoms with Crippen molar-refractivity contribution >= 4 is 0 Å². The van der Waals surface area contributed by atoms with E-state index >= 15 is 0 Å². The summed E-state index contributed by atoms with van der Waals surface area (Å²) in [6, 6.07) is 1.41. The summed E-state index contributed by atoms with van der Waals surface area (Å²) in [5.74, 6) is 1.93. The number of hydrogen-bond acceptors (Lipinski definition) is 2. The maximum atomic E-state index is 3.61. The molecule has 1 unspecified atom stereocenters. The lowest BCUT2D eigenvalue weighted by Crippen LogP contribution is -2.47. The van der Waals surface area contributed by atoms with Crippen LogP contribution in [0.25, 0.3) is 0 Å². The zero-order valence-corrected chi connectivity index (χ0v) is 12.6. The Labute approximate surface area is 114 Å². The van der Waals surface area contributed by atoms with Crippen LogP contribution in [-0.4, -0.2) is 37.1 Å². The van der Waals surface area contributed by atoms with Gasteiger partial charge in [0.15, 0.2) is 0 Å². The van der Waals surface area contributed by atoms with Crippen molar-refractivity contribution in [1.29, 1.82) is 0 Å². The highest BCUT2D eigenvalue weighted by Gasteiger charge is 2.29. The molecule has 2 fully saturated rings. The van der Waals surface area contributed by atoms with Gasteiger partial charge in [-0.25, -0.2) is 0 Å². The Morgan fingerprint density at radius 3 is 2.22 bits per heavy atom. The maximum Gasteiger partial charge on any atom is 0.0220 e. The maximum absolute atomic E-state index is 3.61. The second-order valence-corrected chi connectivity index (χ2v) is 6.78. The molecule has 0 radical (unpaired) electrons. The Kier molecular flexibility index (Phi) is 5.50. The zero-order chi connectivity index (χ0) is 13.0. The van der Waals surface area contributed by atoms with Crippen LogP contribution >= 0.6 is 0 Å². The largest absolute Gasteiger partial charge is 0.315 e. The molecule has 2 aliphatic rings. The smallest absolute Gasteiger partial charge is 0.0220 e. The summed E-state index contributed by atoms with van der Waals surface area (Å²) in [6.45, 7) is 7.31. The van der Waals surface area contributed by atoms with Gasteiger partial charge in [-0.2, -0.15) is 0 Å². The summed E-state index contributed by atoms with van der Waals surface area (Å²) < 4.78 is 0. The van der Waals surface area contributed by atoms with Crippen molar-refractivity contribution in [3.8, 4) is 0 Å². The summed E-state index contributed by atoms with van der Waals surface area (Å²) in [5.41, 5.74) is 0. The van der Waals surface area contributed by atoms with Crippen LogP contribution in [0.15, 0.2) is 0 Å². The molecule has 0 bridgehead atoms. The predicted molar refractivity (Wildman–Crippen MR) is 78.9 cm³/mol. The van der Waals surface area contributed by atoms with E-state index in [2.05, 4.69) is 31.1 Å². The highest BCUT2D eigenvalue weighted by atomic mass is 15.2. The quantitative estimate of drug-likeness (QED) is 0.748. The molecule has 0 aromatic heterocycles. The Hall–Kier alpha value is -0.0800. The van der Waals surface area contributed by atoms with Crippen LogP contribution in [0.5, 0.6) is 0 Å². The van der Waals surface area contributed by atoms with Gasteiger partial charge < -0.3 is 5.32 Å². The first-order valence-corrected chi connectivity index (χ1v) is 8.12. The van der Waals surface area contributed by atoms with Gasteiger partial charge in [0.1, 0.15) is 0 Å². The molecule has 18 heavy (non-hydrogen) atoms. The molecule has 0 aliphatic heterocycles. The summed E-state index contributed by atoms with van der Waals surface area (Å²) in [6.07, 6.45) is 10.2. The van der Waals surface area contributed by atoms with Crippen molar-refractivity contribution in [2.45, 2.75) is 70.9 Å². The molecular weight excluding hydrogens is 220 g/mol. The molecule has 0 aromatic rings. The van der Waals surface area contributed by atoms with Gasteiger partial charge in [-0.15, -0.1) is 0 Å². The Balaban J connectivity index is 1.84. The van der Waals surface area contributed by atoms with Crippen LogP contribution in [0.1, 0.15) is 58.8 Å². The number of likely N-dealkylation sites (N-methyl/N-ethyl adjacent to an activating group) is 1. The van der Waals surface area contributed by atoms with Crippen LogP contribution in [0.2, 0.25) is 0 Å². The van der Waals surface area contributed by atoms with E-state index < -0.39 is 0 Å². The van der Waals surface area contributed by atoms with Crippen LogP contribution in [0.4, 0.5) is 0 Å². The minimum absolute atomic E-state index is 0.699. The van der Waals surface area contributed by atoms with E-state index in [1.165, 1.54) is 58.0 Å². The lowest BCUT2D eigenvalue weighted by molar-refractivity contribution is 0.155. The molecule has 0 saturated heterocycles. The van der Waals surface area contributed by atoms with Gasteiger partial charge in [0.25, 0.3) is 0 Å². The average Bonchev–Trinajstić information content (AvgIpc) is 3.19. The molecule has 2 nitrogen and oxygen atoms in total. The molecule has 1 atom stereocenters. The summed E-state index contributed by atoms with van der Waals surface area (Å²) in [4.78, 5) is 2.72. The van der Waals surface area contributed by atoms with Crippen molar-refractivity contribution in [2.75, 3.05) is 20.1 Å². The van der Waals surface area contributed by atoms with Crippen LogP contribution < -0.4 is 5.32 Å². The summed E-state index contributed by atoms with van der Waals surface area (Å²) in [5, 5.41) is 3.61. The highest BCUT2D eigenvalue weighted by molar-refractivity contribution is 4.85. The minimum Gasteiger partial charge on any atom is -0.315 e. The molecule has 2 aliphatic carbocycles. The number of nitrogens with one attached hydrogen (secondary N) is 1. The van der Waals surface area contributed by atoms with Gasteiger partial charge in [0.05, 0.1) is 0 Å². The highest BCUT2D eigenvalue weighted by Crippen LogP contribution is 2.31. The third-order valence-electron chi connectivity index (χ3n) is 4.94. The van der Waals surface area contributed by atoms with Crippen molar-refractivity contribution in [3.05, 3.63) is 0 Å². The van der Waals surface area contributed by atoms with Crippen molar-refractivity contribution in [3.63, 3.8) is 0 Å². The Bertz CT molecular complexity index is 229. The van der Waals surface area contributed by atoms with E-state index in [4.69, 9.17) is 0 Å². The van der Waals surface area contributed by atoms with Crippen molar-refractivity contribution < 1.29 is 0 Å². The zero-order valence-electron chi connectivity index (χ0n) is 12.6. The number of nitrogens with zero attached hydrogens (tertiary/aromatic N) is 1. The van der Waals surface area contributed by atoms with Gasteiger partial charge in [-0.05, 0) is 58.4 Å². The van der Waals surface area contributed by atoms with E-state index in [0.717, 1.165) is 11.8 Å². The minimum atomic E-state index is 0.699. The number of rotatable bonds is 7. The van der Waals surface area contributed by atoms with Gasteiger partial charge in [0, 0.05) is 25.2 Å². The third-order valence-corrected chi connectivity index (χ3v) is 4.94. The first-order valence-electron chi connectivity index (χ1n) is 8.12. The lowest BCUT2D eigenvalue weighted by atomic mass is 9.83. The fraction of sp³-hybridized carbons (Fsp3) is 1.00. The first kappa shape index (κ1) is 14.3. The lowest BCUT2D eigenvalue weighted by Gasteiger charge is -2.36. The SMILES string of the molecule is CNC(CN(CC1CC1)C(C)C)C1CCCCC1. The van der Waals surface area contributed by atoms with E-state index in [1.54, 1.807) is 0 Å². The van der Waals surface area contributed by atoms with E-state index in [1.807, 2.05) is 0 Å². The van der Waals surface area contributed by atoms with Crippen LogP contribution in [0.3, 0.4) is 0 Å². The third kappa shape index (κ3) is 4.24. The van der Waals surface area contributed by atoms with Crippen LogP contribution in [-0.2, 0) is 0 Å².